The topological polar surface area (TPSA) is 23.5 Å². The molecule has 1 fully saturated rings. The van der Waals surface area contributed by atoms with Gasteiger partial charge in [-0.1, -0.05) is 6.92 Å². The summed E-state index contributed by atoms with van der Waals surface area (Å²) in [6, 6.07) is 0. The van der Waals surface area contributed by atoms with Crippen LogP contribution in [0, 0.1) is 11.8 Å². The van der Waals surface area contributed by atoms with Gasteiger partial charge < -0.3 is 10.0 Å². The molecule has 0 bridgehead atoms. The van der Waals surface area contributed by atoms with Crippen LogP contribution in [0.1, 0.15) is 6.92 Å². The molecule has 1 aliphatic heterocycles. The molecule has 66 valence electrons. The second kappa shape index (κ2) is 4.02. The molecule has 0 unspecified atom stereocenters. The highest BCUT2D eigenvalue weighted by molar-refractivity contribution is 4.80. The number of likely N-dealkylation sites (tertiary alicyclic amines) is 1. The molecule has 0 saturated carbocycles. The third kappa shape index (κ3) is 2.14. The highest BCUT2D eigenvalue weighted by Crippen LogP contribution is 2.21. The highest BCUT2D eigenvalue weighted by Gasteiger charge is 2.28. The molecule has 1 saturated heterocycles. The Kier molecular flexibility index (Phi) is 3.27. The fourth-order valence-corrected chi connectivity index (χ4v) is 1.68. The van der Waals surface area contributed by atoms with E-state index in [9.17, 15) is 4.39 Å². The zero-order valence-electron chi connectivity index (χ0n) is 6.96. The van der Waals surface area contributed by atoms with Crippen LogP contribution in [0.15, 0.2) is 0 Å². The van der Waals surface area contributed by atoms with Crippen LogP contribution in [-0.4, -0.2) is 42.9 Å². The Balaban J connectivity index is 2.30. The first kappa shape index (κ1) is 8.94. The Hall–Kier alpha value is -0.150. The number of hydrogen-bond donors (Lipinski definition) is 1. The van der Waals surface area contributed by atoms with Crippen molar-refractivity contribution in [1.29, 1.82) is 0 Å². The van der Waals surface area contributed by atoms with Crippen molar-refractivity contribution in [2.24, 2.45) is 11.8 Å². The fourth-order valence-electron chi connectivity index (χ4n) is 1.68. The summed E-state index contributed by atoms with van der Waals surface area (Å²) in [5.74, 6) is 0.882. The van der Waals surface area contributed by atoms with Crippen LogP contribution in [0.2, 0.25) is 0 Å². The molecule has 11 heavy (non-hydrogen) atoms. The van der Waals surface area contributed by atoms with Crippen LogP contribution < -0.4 is 0 Å². The fraction of sp³-hybridized carbons (Fsp3) is 1.00. The summed E-state index contributed by atoms with van der Waals surface area (Å²) in [5, 5.41) is 8.90. The molecule has 0 radical (unpaired) electrons. The Bertz CT molecular complexity index is 121. The summed E-state index contributed by atoms with van der Waals surface area (Å²) in [7, 11) is 0. The maximum absolute atomic E-state index is 11.9. The Morgan fingerprint density at radius 3 is 2.73 bits per heavy atom. The van der Waals surface area contributed by atoms with Crippen molar-refractivity contribution in [3.8, 4) is 0 Å². The van der Waals surface area contributed by atoms with Gasteiger partial charge in [0.25, 0.3) is 0 Å². The van der Waals surface area contributed by atoms with E-state index in [1.165, 1.54) is 0 Å². The minimum Gasteiger partial charge on any atom is -0.396 e. The van der Waals surface area contributed by atoms with E-state index in [1.807, 2.05) is 0 Å². The summed E-state index contributed by atoms with van der Waals surface area (Å²) in [4.78, 5) is 2.07. The Labute approximate surface area is 67.0 Å². The number of aliphatic hydroxyl groups excluding tert-OH is 1. The van der Waals surface area contributed by atoms with E-state index in [2.05, 4.69) is 11.8 Å². The van der Waals surface area contributed by atoms with Gasteiger partial charge in [-0.2, -0.15) is 0 Å². The maximum Gasteiger partial charge on any atom is 0.102 e. The standard InChI is InChI=1S/C8H16FNO/c1-7-4-10(3-2-9)5-8(7)6-11/h7-8,11H,2-6H2,1H3/t7-,8+/m1/s1. The predicted molar refractivity (Wildman–Crippen MR) is 42.2 cm³/mol. The smallest absolute Gasteiger partial charge is 0.102 e. The largest absolute Gasteiger partial charge is 0.396 e. The lowest BCUT2D eigenvalue weighted by molar-refractivity contribution is 0.203. The van der Waals surface area contributed by atoms with Crippen molar-refractivity contribution in [1.82, 2.24) is 4.90 Å². The Morgan fingerprint density at radius 2 is 2.27 bits per heavy atom. The predicted octanol–water partition coefficient (Wildman–Crippen LogP) is 0.516. The molecule has 0 spiro atoms. The lowest BCUT2D eigenvalue weighted by Gasteiger charge is -2.11. The molecule has 3 heteroatoms. The molecule has 2 nitrogen and oxygen atoms in total. The molecule has 0 amide bonds. The van der Waals surface area contributed by atoms with Gasteiger partial charge in [0.1, 0.15) is 6.67 Å². The molecule has 0 aromatic heterocycles. The van der Waals surface area contributed by atoms with Crippen molar-refractivity contribution < 1.29 is 9.50 Å². The Morgan fingerprint density at radius 1 is 1.55 bits per heavy atom. The molecule has 1 aliphatic rings. The number of hydrogen-bond acceptors (Lipinski definition) is 2. The van der Waals surface area contributed by atoms with Crippen molar-refractivity contribution in [2.45, 2.75) is 6.92 Å². The summed E-state index contributed by atoms with van der Waals surface area (Å²) >= 11 is 0. The first-order valence-electron chi connectivity index (χ1n) is 4.17. The van der Waals surface area contributed by atoms with Gasteiger partial charge in [0.15, 0.2) is 0 Å². The number of rotatable bonds is 3. The van der Waals surface area contributed by atoms with Crippen LogP contribution >= 0.6 is 0 Å². The van der Waals surface area contributed by atoms with E-state index >= 15 is 0 Å². The van der Waals surface area contributed by atoms with Crippen LogP contribution in [0.3, 0.4) is 0 Å². The van der Waals surface area contributed by atoms with E-state index in [4.69, 9.17) is 5.11 Å². The van der Waals surface area contributed by atoms with Crippen molar-refractivity contribution in [3.63, 3.8) is 0 Å². The van der Waals surface area contributed by atoms with E-state index in [-0.39, 0.29) is 13.3 Å². The van der Waals surface area contributed by atoms with Gasteiger partial charge in [-0.05, 0) is 11.8 Å². The van der Waals surface area contributed by atoms with Gasteiger partial charge in [0.05, 0.1) is 0 Å². The van der Waals surface area contributed by atoms with Gasteiger partial charge in [0.2, 0.25) is 0 Å². The molecule has 0 aliphatic carbocycles. The third-order valence-electron chi connectivity index (χ3n) is 2.48. The van der Waals surface area contributed by atoms with Crippen molar-refractivity contribution in [2.75, 3.05) is 32.9 Å². The monoisotopic (exact) mass is 161 g/mol. The molecule has 1 rings (SSSR count). The first-order chi connectivity index (χ1) is 5.27. The summed E-state index contributed by atoms with van der Waals surface area (Å²) in [5.41, 5.74) is 0. The van der Waals surface area contributed by atoms with Crippen LogP contribution in [0.25, 0.3) is 0 Å². The minimum absolute atomic E-state index is 0.240. The quantitative estimate of drug-likeness (QED) is 0.652. The average Bonchev–Trinajstić information content (AvgIpc) is 2.32. The number of nitrogens with zero attached hydrogens (tertiary/aromatic N) is 1. The van der Waals surface area contributed by atoms with Gasteiger partial charge in [-0.3, -0.25) is 0 Å². The van der Waals surface area contributed by atoms with Gasteiger partial charge >= 0.3 is 0 Å². The van der Waals surface area contributed by atoms with Gasteiger partial charge in [0, 0.05) is 26.2 Å². The number of aliphatic hydroxyl groups is 1. The van der Waals surface area contributed by atoms with Crippen LogP contribution in [0.5, 0.6) is 0 Å². The summed E-state index contributed by atoms with van der Waals surface area (Å²) < 4.78 is 11.9. The van der Waals surface area contributed by atoms with E-state index in [0.717, 1.165) is 13.1 Å². The van der Waals surface area contributed by atoms with Crippen molar-refractivity contribution in [3.05, 3.63) is 0 Å². The third-order valence-corrected chi connectivity index (χ3v) is 2.48. The van der Waals surface area contributed by atoms with Gasteiger partial charge in [-0.25, -0.2) is 4.39 Å². The molecule has 1 N–H and O–H groups in total. The van der Waals surface area contributed by atoms with Crippen LogP contribution in [0.4, 0.5) is 4.39 Å². The molecule has 0 aromatic carbocycles. The zero-order chi connectivity index (χ0) is 8.27. The highest BCUT2D eigenvalue weighted by atomic mass is 19.1. The second-order valence-electron chi connectivity index (χ2n) is 3.37. The minimum atomic E-state index is -0.273. The van der Waals surface area contributed by atoms with E-state index in [1.54, 1.807) is 0 Å². The molecule has 0 aromatic rings. The van der Waals surface area contributed by atoms with E-state index < -0.39 is 0 Å². The SMILES string of the molecule is C[C@@H]1CN(CCF)C[C@H]1CO. The van der Waals surface area contributed by atoms with Crippen molar-refractivity contribution >= 4 is 0 Å². The molecule has 1 heterocycles. The average molecular weight is 161 g/mol. The molecular weight excluding hydrogens is 145 g/mol. The molecular formula is C8H16FNO. The summed E-state index contributed by atoms with van der Waals surface area (Å²) in [6.45, 7) is 4.41. The number of alkyl halides is 1. The lowest BCUT2D eigenvalue weighted by Crippen LogP contribution is -2.23. The maximum atomic E-state index is 11.9. The second-order valence-corrected chi connectivity index (χ2v) is 3.37. The van der Waals surface area contributed by atoms with Gasteiger partial charge in [-0.15, -0.1) is 0 Å². The normalized spacial score (nSPS) is 33.0. The summed E-state index contributed by atoms with van der Waals surface area (Å²) in [6.07, 6.45) is 0. The lowest BCUT2D eigenvalue weighted by atomic mass is 10.00. The first-order valence-corrected chi connectivity index (χ1v) is 4.17. The number of halogens is 1. The molecule has 2 atom stereocenters. The van der Waals surface area contributed by atoms with E-state index in [0.29, 0.717) is 18.4 Å². The van der Waals surface area contributed by atoms with Crippen LogP contribution in [-0.2, 0) is 0 Å². The zero-order valence-corrected chi connectivity index (χ0v) is 6.96.